The largest absolute Gasteiger partial charge is 0.492 e. The van der Waals surface area contributed by atoms with Gasteiger partial charge in [0.1, 0.15) is 5.75 Å². The van der Waals surface area contributed by atoms with E-state index in [1.807, 2.05) is 54.6 Å². The SMILES string of the molecule is NC(=O)c1ccc(CNC(=O)CCOc2ccccc2-c2ccccc2)cc1. The molecule has 0 saturated heterocycles. The Kier molecular flexibility index (Phi) is 6.41. The zero-order valence-electron chi connectivity index (χ0n) is 15.4. The lowest BCUT2D eigenvalue weighted by Crippen LogP contribution is -2.24. The first-order valence-corrected chi connectivity index (χ1v) is 9.06. The minimum atomic E-state index is -0.469. The van der Waals surface area contributed by atoms with Gasteiger partial charge in [-0.3, -0.25) is 9.59 Å². The molecule has 0 spiro atoms. The molecule has 0 radical (unpaired) electrons. The van der Waals surface area contributed by atoms with E-state index in [2.05, 4.69) is 5.32 Å². The summed E-state index contributed by atoms with van der Waals surface area (Å²) in [4.78, 5) is 23.1. The summed E-state index contributed by atoms with van der Waals surface area (Å²) in [6, 6.07) is 24.6. The van der Waals surface area contributed by atoms with Gasteiger partial charge in [-0.15, -0.1) is 0 Å². The van der Waals surface area contributed by atoms with Crippen LogP contribution in [0.4, 0.5) is 0 Å². The lowest BCUT2D eigenvalue weighted by Gasteiger charge is -2.12. The maximum atomic E-state index is 12.1. The van der Waals surface area contributed by atoms with Crippen LogP contribution < -0.4 is 15.8 Å². The molecule has 3 N–H and O–H groups in total. The third-order valence-electron chi connectivity index (χ3n) is 4.29. The summed E-state index contributed by atoms with van der Waals surface area (Å²) in [5, 5.41) is 2.85. The van der Waals surface area contributed by atoms with Crippen LogP contribution in [0.3, 0.4) is 0 Å². The number of hydrogen-bond donors (Lipinski definition) is 2. The van der Waals surface area contributed by atoms with Crippen molar-refractivity contribution in [1.82, 2.24) is 5.32 Å². The number of nitrogens with two attached hydrogens (primary N) is 1. The topological polar surface area (TPSA) is 81.4 Å². The lowest BCUT2D eigenvalue weighted by molar-refractivity contribution is -0.121. The van der Waals surface area contributed by atoms with E-state index in [1.165, 1.54) is 0 Å². The molecule has 0 unspecified atom stereocenters. The molecule has 28 heavy (non-hydrogen) atoms. The van der Waals surface area contributed by atoms with Crippen molar-refractivity contribution < 1.29 is 14.3 Å². The van der Waals surface area contributed by atoms with Crippen molar-refractivity contribution in [3.8, 4) is 16.9 Å². The van der Waals surface area contributed by atoms with E-state index in [0.29, 0.717) is 12.1 Å². The molecule has 0 fully saturated rings. The lowest BCUT2D eigenvalue weighted by atomic mass is 10.1. The fourth-order valence-electron chi connectivity index (χ4n) is 2.78. The van der Waals surface area contributed by atoms with E-state index in [1.54, 1.807) is 24.3 Å². The van der Waals surface area contributed by atoms with Crippen LogP contribution in [-0.2, 0) is 11.3 Å². The van der Waals surface area contributed by atoms with Gasteiger partial charge < -0.3 is 15.8 Å². The highest BCUT2D eigenvalue weighted by Gasteiger charge is 2.07. The minimum absolute atomic E-state index is 0.101. The summed E-state index contributed by atoms with van der Waals surface area (Å²) in [5.41, 5.74) is 8.63. The van der Waals surface area contributed by atoms with Crippen LogP contribution in [0, 0.1) is 0 Å². The molecule has 5 heteroatoms. The van der Waals surface area contributed by atoms with Gasteiger partial charge in [0.15, 0.2) is 0 Å². The van der Waals surface area contributed by atoms with Crippen molar-refractivity contribution in [2.75, 3.05) is 6.61 Å². The first-order valence-electron chi connectivity index (χ1n) is 9.06. The van der Waals surface area contributed by atoms with Crippen LogP contribution in [0.15, 0.2) is 78.9 Å². The Morgan fingerprint density at radius 1 is 0.857 bits per heavy atom. The molecule has 0 aliphatic rings. The van der Waals surface area contributed by atoms with Crippen molar-refractivity contribution in [2.45, 2.75) is 13.0 Å². The Morgan fingerprint density at radius 2 is 1.54 bits per heavy atom. The van der Waals surface area contributed by atoms with Crippen LogP contribution in [0.1, 0.15) is 22.3 Å². The molecule has 2 amide bonds. The molecule has 0 atom stereocenters. The monoisotopic (exact) mass is 374 g/mol. The number of nitrogens with one attached hydrogen (secondary N) is 1. The number of carbonyl (C=O) groups is 2. The highest BCUT2D eigenvalue weighted by atomic mass is 16.5. The molecule has 3 aromatic rings. The van der Waals surface area contributed by atoms with Gasteiger partial charge in [-0.25, -0.2) is 0 Å². The van der Waals surface area contributed by atoms with Crippen molar-refractivity contribution in [3.63, 3.8) is 0 Å². The second-order valence-corrected chi connectivity index (χ2v) is 6.30. The molecule has 5 nitrogen and oxygen atoms in total. The first kappa shape index (κ1) is 19.2. The molecule has 0 aliphatic carbocycles. The number of para-hydroxylation sites is 1. The molecule has 0 saturated carbocycles. The second kappa shape index (κ2) is 9.37. The van der Waals surface area contributed by atoms with Crippen molar-refractivity contribution >= 4 is 11.8 Å². The predicted molar refractivity (Wildman–Crippen MR) is 109 cm³/mol. The number of benzene rings is 3. The van der Waals surface area contributed by atoms with E-state index in [-0.39, 0.29) is 18.9 Å². The summed E-state index contributed by atoms with van der Waals surface area (Å²) < 4.78 is 5.84. The number of amides is 2. The van der Waals surface area contributed by atoms with Crippen LogP contribution in [0.5, 0.6) is 5.75 Å². The predicted octanol–water partition coefficient (Wildman–Crippen LogP) is 3.54. The van der Waals surface area contributed by atoms with Gasteiger partial charge in [0.05, 0.1) is 13.0 Å². The summed E-state index contributed by atoms with van der Waals surface area (Å²) in [6.07, 6.45) is 0.252. The van der Waals surface area contributed by atoms with Gasteiger partial charge >= 0.3 is 0 Å². The Morgan fingerprint density at radius 3 is 2.25 bits per heavy atom. The molecular formula is C23H22N2O3. The number of primary amides is 1. The third kappa shape index (κ3) is 5.20. The molecule has 0 bridgehead atoms. The van der Waals surface area contributed by atoms with Gasteiger partial charge in [0.25, 0.3) is 0 Å². The average Bonchev–Trinajstić information content (AvgIpc) is 2.73. The number of ether oxygens (including phenoxy) is 1. The van der Waals surface area contributed by atoms with E-state index >= 15 is 0 Å². The normalized spacial score (nSPS) is 10.3. The zero-order chi connectivity index (χ0) is 19.8. The summed E-state index contributed by atoms with van der Waals surface area (Å²) in [5.74, 6) is 0.184. The average molecular weight is 374 g/mol. The van der Waals surface area contributed by atoms with Gasteiger partial charge in [-0.05, 0) is 29.3 Å². The molecule has 3 rings (SSSR count). The number of rotatable bonds is 8. The summed E-state index contributed by atoms with van der Waals surface area (Å²) in [7, 11) is 0. The zero-order valence-corrected chi connectivity index (χ0v) is 15.4. The Labute approximate surface area is 164 Å². The van der Waals surface area contributed by atoms with E-state index < -0.39 is 5.91 Å². The Hall–Kier alpha value is -3.60. The van der Waals surface area contributed by atoms with E-state index in [9.17, 15) is 9.59 Å². The van der Waals surface area contributed by atoms with Crippen LogP contribution >= 0.6 is 0 Å². The maximum absolute atomic E-state index is 12.1. The van der Waals surface area contributed by atoms with Crippen molar-refractivity contribution in [1.29, 1.82) is 0 Å². The highest BCUT2D eigenvalue weighted by molar-refractivity contribution is 5.92. The molecule has 0 aromatic heterocycles. The minimum Gasteiger partial charge on any atom is -0.492 e. The molecule has 3 aromatic carbocycles. The smallest absolute Gasteiger partial charge is 0.248 e. The van der Waals surface area contributed by atoms with Gasteiger partial charge in [-0.1, -0.05) is 60.7 Å². The number of carbonyl (C=O) groups excluding carboxylic acids is 2. The van der Waals surface area contributed by atoms with Crippen LogP contribution in [-0.4, -0.2) is 18.4 Å². The third-order valence-corrected chi connectivity index (χ3v) is 4.29. The van der Waals surface area contributed by atoms with E-state index in [0.717, 1.165) is 22.4 Å². The standard InChI is InChI=1S/C23H22N2O3/c24-23(27)19-12-10-17(11-13-19)16-25-22(26)14-15-28-21-9-5-4-8-20(21)18-6-2-1-3-7-18/h1-13H,14-16H2,(H2,24,27)(H,25,26). The number of hydrogen-bond acceptors (Lipinski definition) is 3. The van der Waals surface area contributed by atoms with Crippen molar-refractivity contribution in [2.24, 2.45) is 5.73 Å². The van der Waals surface area contributed by atoms with E-state index in [4.69, 9.17) is 10.5 Å². The fraction of sp³-hybridized carbons (Fsp3) is 0.130. The van der Waals surface area contributed by atoms with Crippen LogP contribution in [0.2, 0.25) is 0 Å². The highest BCUT2D eigenvalue weighted by Crippen LogP contribution is 2.29. The first-order chi connectivity index (χ1) is 13.6. The van der Waals surface area contributed by atoms with Gasteiger partial charge in [0.2, 0.25) is 11.8 Å². The maximum Gasteiger partial charge on any atom is 0.248 e. The van der Waals surface area contributed by atoms with Gasteiger partial charge in [0, 0.05) is 17.7 Å². The molecule has 0 heterocycles. The second-order valence-electron chi connectivity index (χ2n) is 6.30. The fourth-order valence-corrected chi connectivity index (χ4v) is 2.78. The Balaban J connectivity index is 1.49. The van der Waals surface area contributed by atoms with Gasteiger partial charge in [-0.2, -0.15) is 0 Å². The molecule has 0 aliphatic heterocycles. The van der Waals surface area contributed by atoms with Crippen molar-refractivity contribution in [3.05, 3.63) is 90.0 Å². The van der Waals surface area contributed by atoms with Crippen LogP contribution in [0.25, 0.3) is 11.1 Å². The quantitative estimate of drug-likeness (QED) is 0.633. The summed E-state index contributed by atoms with van der Waals surface area (Å²) >= 11 is 0. The molecular weight excluding hydrogens is 352 g/mol. The Bertz CT molecular complexity index is 938. The summed E-state index contributed by atoms with van der Waals surface area (Å²) in [6.45, 7) is 0.675. The molecule has 142 valence electrons.